The summed E-state index contributed by atoms with van der Waals surface area (Å²) in [5.41, 5.74) is 16.5. The summed E-state index contributed by atoms with van der Waals surface area (Å²) in [7, 11) is 0. The number of amides is 4. The molecular weight excluding hydrogens is 524 g/mol. The normalized spacial score (nSPS) is 12.6. The first-order chi connectivity index (χ1) is 19.3. The molecule has 40 heavy (non-hydrogen) atoms. The highest BCUT2D eigenvalue weighted by molar-refractivity contribution is 7.18. The van der Waals surface area contributed by atoms with E-state index in [1.807, 2.05) is 49.4 Å². The van der Waals surface area contributed by atoms with Crippen molar-refractivity contribution in [1.82, 2.24) is 10.3 Å². The number of urea groups is 1. The number of carbonyl (C=O) groups excluding carboxylic acids is 3. The van der Waals surface area contributed by atoms with E-state index >= 15 is 0 Å². The average Bonchev–Trinajstić information content (AvgIpc) is 3.72. The van der Waals surface area contributed by atoms with Crippen LogP contribution in [0.5, 0.6) is 0 Å². The number of carbonyl (C=O) groups is 3. The van der Waals surface area contributed by atoms with Crippen molar-refractivity contribution in [3.8, 4) is 11.3 Å². The van der Waals surface area contributed by atoms with E-state index in [0.29, 0.717) is 45.1 Å². The van der Waals surface area contributed by atoms with E-state index in [2.05, 4.69) is 16.7 Å². The molecule has 0 atom stereocenters. The van der Waals surface area contributed by atoms with Gasteiger partial charge in [-0.2, -0.15) is 0 Å². The maximum atomic E-state index is 13.5. The molecule has 0 bridgehead atoms. The maximum Gasteiger partial charge on any atom is 0.325 e. The largest absolute Gasteiger partial charge is 0.351 e. The number of benzene rings is 3. The van der Waals surface area contributed by atoms with Gasteiger partial charge in [-0.3, -0.25) is 9.59 Å². The van der Waals surface area contributed by atoms with Crippen molar-refractivity contribution < 1.29 is 14.4 Å². The van der Waals surface area contributed by atoms with Crippen molar-refractivity contribution in [1.29, 1.82) is 0 Å². The molecule has 3 aromatic carbocycles. The predicted molar refractivity (Wildman–Crippen MR) is 158 cm³/mol. The Morgan fingerprint density at radius 3 is 2.40 bits per heavy atom. The summed E-state index contributed by atoms with van der Waals surface area (Å²) in [4.78, 5) is 44.5. The third-order valence-corrected chi connectivity index (χ3v) is 7.72. The van der Waals surface area contributed by atoms with Gasteiger partial charge >= 0.3 is 6.03 Å². The van der Waals surface area contributed by atoms with Crippen LogP contribution in [0.3, 0.4) is 0 Å². The topological polar surface area (TPSA) is 143 Å². The van der Waals surface area contributed by atoms with E-state index < -0.39 is 6.03 Å². The molecule has 0 saturated heterocycles. The molecule has 4 amide bonds. The van der Waals surface area contributed by atoms with Gasteiger partial charge in [0.2, 0.25) is 5.91 Å². The summed E-state index contributed by atoms with van der Waals surface area (Å²) in [6, 6.07) is 21.9. The highest BCUT2D eigenvalue weighted by Gasteiger charge is 2.29. The first-order valence-electron chi connectivity index (χ1n) is 13.0. The molecule has 1 saturated carbocycles. The molecule has 9 nitrogen and oxygen atoms in total. The van der Waals surface area contributed by atoms with Crippen LogP contribution in [0.2, 0.25) is 0 Å². The van der Waals surface area contributed by atoms with Gasteiger partial charge < -0.3 is 22.1 Å². The lowest BCUT2D eigenvalue weighted by Crippen LogP contribution is -2.32. The number of nitrogens with two attached hydrogens (primary N) is 2. The highest BCUT2D eigenvalue weighted by Crippen LogP contribution is 2.43. The molecule has 1 aliphatic rings. The lowest BCUT2D eigenvalue weighted by atomic mass is 10.1. The standard InChI is InChI=1S/C30H30N6O3S/c1-18-7-8-22(20-9-10-20)15-24(18)36(29(32)39)30-35-26(21-11-13-23(14-12-21)34-25(37)16-31)27(40-30)28(38)33-17-19-5-3-2-4-6-19/h2-8,11-15,20H,9-10,16-17,31H2,1H3,(H2,32,39)(H,33,38)(H,34,37). The maximum absolute atomic E-state index is 13.5. The molecule has 6 N–H and O–H groups in total. The zero-order valence-corrected chi connectivity index (χ0v) is 22.8. The zero-order chi connectivity index (χ0) is 28.2. The molecule has 1 fully saturated rings. The number of thiazole rings is 1. The monoisotopic (exact) mass is 554 g/mol. The summed E-state index contributed by atoms with van der Waals surface area (Å²) < 4.78 is 0. The third-order valence-electron chi connectivity index (χ3n) is 6.68. The number of primary amides is 1. The van der Waals surface area contributed by atoms with E-state index in [0.717, 1.165) is 40.9 Å². The van der Waals surface area contributed by atoms with Gasteiger partial charge in [-0.05, 0) is 60.6 Å². The number of aryl methyl sites for hydroxylation is 1. The lowest BCUT2D eigenvalue weighted by molar-refractivity contribution is -0.114. The Hall–Kier alpha value is -4.54. The van der Waals surface area contributed by atoms with Gasteiger partial charge in [0.25, 0.3) is 5.91 Å². The molecule has 1 heterocycles. The van der Waals surface area contributed by atoms with Gasteiger partial charge in [0.15, 0.2) is 5.13 Å². The van der Waals surface area contributed by atoms with E-state index in [1.54, 1.807) is 24.3 Å². The Morgan fingerprint density at radius 2 is 1.75 bits per heavy atom. The number of hydrogen-bond acceptors (Lipinski definition) is 6. The van der Waals surface area contributed by atoms with Crippen LogP contribution in [0, 0.1) is 6.92 Å². The van der Waals surface area contributed by atoms with Gasteiger partial charge in [-0.1, -0.05) is 65.9 Å². The number of nitrogens with one attached hydrogen (secondary N) is 2. The molecule has 0 spiro atoms. The molecule has 4 aromatic rings. The summed E-state index contributed by atoms with van der Waals surface area (Å²) >= 11 is 1.10. The summed E-state index contributed by atoms with van der Waals surface area (Å²) in [5, 5.41) is 5.96. The SMILES string of the molecule is Cc1ccc(C2CC2)cc1N(C(N)=O)c1nc(-c2ccc(NC(=O)CN)cc2)c(C(=O)NCc2ccccc2)s1. The number of rotatable bonds is 9. The zero-order valence-electron chi connectivity index (χ0n) is 22.0. The molecule has 204 valence electrons. The van der Waals surface area contributed by atoms with Crippen molar-refractivity contribution >= 4 is 45.7 Å². The van der Waals surface area contributed by atoms with E-state index in [4.69, 9.17) is 16.5 Å². The number of anilines is 3. The minimum absolute atomic E-state index is 0.132. The fraction of sp³-hybridized carbons (Fsp3) is 0.200. The summed E-state index contributed by atoms with van der Waals surface area (Å²) in [5.74, 6) is -0.153. The van der Waals surface area contributed by atoms with Crippen LogP contribution < -0.4 is 27.0 Å². The highest BCUT2D eigenvalue weighted by atomic mass is 32.1. The Morgan fingerprint density at radius 1 is 1.02 bits per heavy atom. The fourth-order valence-corrected chi connectivity index (χ4v) is 5.41. The first-order valence-corrected chi connectivity index (χ1v) is 13.8. The van der Waals surface area contributed by atoms with Crippen molar-refractivity contribution in [2.75, 3.05) is 16.8 Å². The summed E-state index contributed by atoms with van der Waals surface area (Å²) in [6.45, 7) is 2.12. The van der Waals surface area contributed by atoms with Crippen LogP contribution in [-0.2, 0) is 11.3 Å². The Bertz CT molecular complexity index is 1550. The molecule has 1 aliphatic carbocycles. The molecule has 0 aliphatic heterocycles. The Labute approximate surface area is 236 Å². The van der Waals surface area contributed by atoms with E-state index in [1.165, 1.54) is 4.90 Å². The second kappa shape index (κ2) is 11.7. The predicted octanol–water partition coefficient (Wildman–Crippen LogP) is 5.04. The van der Waals surface area contributed by atoms with E-state index in [-0.39, 0.29) is 18.4 Å². The van der Waals surface area contributed by atoms with Gasteiger partial charge in [-0.15, -0.1) is 0 Å². The van der Waals surface area contributed by atoms with Crippen molar-refractivity contribution in [3.05, 3.63) is 94.4 Å². The molecule has 0 unspecified atom stereocenters. The first kappa shape index (κ1) is 27.0. The van der Waals surface area contributed by atoms with Crippen molar-refractivity contribution in [3.63, 3.8) is 0 Å². The lowest BCUT2D eigenvalue weighted by Gasteiger charge is -2.20. The minimum Gasteiger partial charge on any atom is -0.351 e. The fourth-order valence-electron chi connectivity index (χ4n) is 4.39. The van der Waals surface area contributed by atoms with Crippen molar-refractivity contribution in [2.24, 2.45) is 11.5 Å². The number of nitrogens with zero attached hydrogens (tertiary/aromatic N) is 2. The van der Waals surface area contributed by atoms with Gasteiger partial charge in [0.05, 0.1) is 17.9 Å². The van der Waals surface area contributed by atoms with Crippen LogP contribution in [0.1, 0.15) is 45.1 Å². The molecule has 1 aromatic heterocycles. The molecule has 10 heteroatoms. The number of hydrogen-bond donors (Lipinski definition) is 4. The quantitative estimate of drug-likeness (QED) is 0.229. The van der Waals surface area contributed by atoms with Gasteiger partial charge in [0, 0.05) is 17.8 Å². The van der Waals surface area contributed by atoms with Crippen LogP contribution in [-0.4, -0.2) is 29.4 Å². The second-order valence-electron chi connectivity index (χ2n) is 9.67. The average molecular weight is 555 g/mol. The van der Waals surface area contributed by atoms with Gasteiger partial charge in [-0.25, -0.2) is 14.7 Å². The van der Waals surface area contributed by atoms with E-state index in [9.17, 15) is 14.4 Å². The summed E-state index contributed by atoms with van der Waals surface area (Å²) in [6.07, 6.45) is 2.24. The number of aromatic nitrogens is 1. The van der Waals surface area contributed by atoms with Crippen LogP contribution in [0.25, 0.3) is 11.3 Å². The third kappa shape index (κ3) is 6.03. The van der Waals surface area contributed by atoms with Crippen LogP contribution in [0.15, 0.2) is 72.8 Å². The van der Waals surface area contributed by atoms with Crippen LogP contribution >= 0.6 is 11.3 Å². The second-order valence-corrected chi connectivity index (χ2v) is 10.6. The van der Waals surface area contributed by atoms with Crippen molar-refractivity contribution in [2.45, 2.75) is 32.2 Å². The minimum atomic E-state index is -0.688. The molecule has 5 rings (SSSR count). The Kier molecular flexibility index (Phi) is 7.90. The molecule has 0 radical (unpaired) electrons. The van der Waals surface area contributed by atoms with Gasteiger partial charge in [0.1, 0.15) is 4.88 Å². The van der Waals surface area contributed by atoms with Crippen LogP contribution in [0.4, 0.5) is 21.3 Å². The molecular formula is C30H30N6O3S. The smallest absolute Gasteiger partial charge is 0.325 e. The Balaban J connectivity index is 1.53.